The molecule has 1 heterocycles. The predicted molar refractivity (Wildman–Crippen MR) is 120 cm³/mol. The molecular formula is C20H29IN4O2. The third-order valence-electron chi connectivity index (χ3n) is 4.23. The summed E-state index contributed by atoms with van der Waals surface area (Å²) < 4.78 is 5.18. The second-order valence-corrected chi connectivity index (χ2v) is 6.26. The lowest BCUT2D eigenvalue weighted by Crippen LogP contribution is -2.40. The van der Waals surface area contributed by atoms with E-state index in [1.54, 1.807) is 13.1 Å². The molecule has 6 nitrogen and oxygen atoms in total. The second kappa shape index (κ2) is 11.6. The molecule has 1 amide bonds. The van der Waals surface area contributed by atoms with Gasteiger partial charge in [0.25, 0.3) is 5.91 Å². The fourth-order valence-corrected chi connectivity index (χ4v) is 2.73. The van der Waals surface area contributed by atoms with Gasteiger partial charge in [0.15, 0.2) is 11.7 Å². The Morgan fingerprint density at radius 3 is 2.44 bits per heavy atom. The van der Waals surface area contributed by atoms with E-state index in [2.05, 4.69) is 46.9 Å². The van der Waals surface area contributed by atoms with Gasteiger partial charge in [-0.05, 0) is 44.4 Å². The third kappa shape index (κ3) is 6.89. The van der Waals surface area contributed by atoms with Gasteiger partial charge in [0.2, 0.25) is 0 Å². The number of aryl methyl sites for hydroxylation is 2. The first-order valence-corrected chi connectivity index (χ1v) is 8.88. The molecule has 1 atom stereocenters. The summed E-state index contributed by atoms with van der Waals surface area (Å²) in [5.41, 5.74) is 3.34. The molecule has 0 bridgehead atoms. The fourth-order valence-electron chi connectivity index (χ4n) is 2.73. The van der Waals surface area contributed by atoms with Gasteiger partial charge < -0.3 is 20.4 Å². The molecule has 1 aromatic heterocycles. The minimum absolute atomic E-state index is 0. The average molecular weight is 484 g/mol. The van der Waals surface area contributed by atoms with E-state index in [0.717, 1.165) is 17.9 Å². The third-order valence-corrected chi connectivity index (χ3v) is 4.23. The van der Waals surface area contributed by atoms with Crippen molar-refractivity contribution in [2.45, 2.75) is 33.2 Å². The van der Waals surface area contributed by atoms with E-state index in [1.807, 2.05) is 19.1 Å². The average Bonchev–Trinajstić information content (AvgIpc) is 3.06. The SMILES string of the molecule is CN=C(NCCCNC(=O)c1occc1C)NC(C)c1ccccc1C.I. The van der Waals surface area contributed by atoms with Gasteiger partial charge in [0.05, 0.1) is 12.3 Å². The highest BCUT2D eigenvalue weighted by molar-refractivity contribution is 14.0. The molecular weight excluding hydrogens is 455 g/mol. The van der Waals surface area contributed by atoms with Crippen LogP contribution in [0.2, 0.25) is 0 Å². The number of hydrogen-bond donors (Lipinski definition) is 3. The molecule has 27 heavy (non-hydrogen) atoms. The summed E-state index contributed by atoms with van der Waals surface area (Å²) in [5, 5.41) is 9.52. The number of guanidine groups is 1. The summed E-state index contributed by atoms with van der Waals surface area (Å²) in [4.78, 5) is 16.2. The molecule has 0 aliphatic heterocycles. The van der Waals surface area contributed by atoms with E-state index in [9.17, 15) is 4.79 Å². The van der Waals surface area contributed by atoms with E-state index < -0.39 is 0 Å². The number of hydrogen-bond acceptors (Lipinski definition) is 3. The fraction of sp³-hybridized carbons (Fsp3) is 0.400. The van der Waals surface area contributed by atoms with E-state index in [0.29, 0.717) is 18.8 Å². The minimum atomic E-state index is -0.178. The number of halogens is 1. The molecule has 1 unspecified atom stereocenters. The Hall–Kier alpha value is -2.03. The topological polar surface area (TPSA) is 78.7 Å². The highest BCUT2D eigenvalue weighted by atomic mass is 127. The van der Waals surface area contributed by atoms with Crippen LogP contribution in [0.5, 0.6) is 0 Å². The Bertz CT molecular complexity index is 758. The number of benzene rings is 1. The summed E-state index contributed by atoms with van der Waals surface area (Å²) in [7, 11) is 1.75. The van der Waals surface area contributed by atoms with Crippen LogP contribution in [0.4, 0.5) is 0 Å². The Labute approximate surface area is 178 Å². The summed E-state index contributed by atoms with van der Waals surface area (Å²) in [5.74, 6) is 0.944. The van der Waals surface area contributed by atoms with Crippen molar-refractivity contribution >= 4 is 35.8 Å². The van der Waals surface area contributed by atoms with Crippen LogP contribution in [0, 0.1) is 13.8 Å². The molecule has 3 N–H and O–H groups in total. The van der Waals surface area contributed by atoms with Gasteiger partial charge >= 0.3 is 0 Å². The molecule has 2 rings (SSSR count). The van der Waals surface area contributed by atoms with E-state index in [1.165, 1.54) is 17.4 Å². The van der Waals surface area contributed by atoms with Crippen LogP contribution in [0.15, 0.2) is 46.0 Å². The number of rotatable bonds is 7. The molecule has 0 spiro atoms. The first-order valence-electron chi connectivity index (χ1n) is 8.88. The molecule has 0 radical (unpaired) electrons. The molecule has 0 saturated carbocycles. The molecule has 0 saturated heterocycles. The van der Waals surface area contributed by atoms with E-state index in [-0.39, 0.29) is 35.9 Å². The summed E-state index contributed by atoms with van der Waals surface area (Å²) in [6.45, 7) is 7.34. The van der Waals surface area contributed by atoms with Crippen LogP contribution in [0.25, 0.3) is 0 Å². The van der Waals surface area contributed by atoms with Crippen molar-refractivity contribution in [2.24, 2.45) is 4.99 Å². The first kappa shape index (κ1) is 23.0. The van der Waals surface area contributed by atoms with E-state index in [4.69, 9.17) is 4.42 Å². The highest BCUT2D eigenvalue weighted by Gasteiger charge is 2.12. The van der Waals surface area contributed by atoms with Crippen LogP contribution in [0.1, 0.15) is 46.6 Å². The maximum Gasteiger partial charge on any atom is 0.287 e. The van der Waals surface area contributed by atoms with Crippen molar-refractivity contribution in [1.82, 2.24) is 16.0 Å². The minimum Gasteiger partial charge on any atom is -0.459 e. The molecule has 0 aliphatic carbocycles. The second-order valence-electron chi connectivity index (χ2n) is 6.26. The Balaban J connectivity index is 0.00000364. The van der Waals surface area contributed by atoms with Gasteiger partial charge in [-0.3, -0.25) is 9.79 Å². The molecule has 7 heteroatoms. The lowest BCUT2D eigenvalue weighted by atomic mass is 10.0. The zero-order chi connectivity index (χ0) is 18.9. The summed E-state index contributed by atoms with van der Waals surface area (Å²) in [6.07, 6.45) is 2.31. The highest BCUT2D eigenvalue weighted by Crippen LogP contribution is 2.16. The first-order chi connectivity index (χ1) is 12.5. The van der Waals surface area contributed by atoms with Gasteiger partial charge in [-0.2, -0.15) is 0 Å². The number of furan rings is 1. The van der Waals surface area contributed by atoms with Crippen molar-refractivity contribution < 1.29 is 9.21 Å². The van der Waals surface area contributed by atoms with Crippen molar-refractivity contribution in [3.63, 3.8) is 0 Å². The van der Waals surface area contributed by atoms with Gasteiger partial charge in [-0.25, -0.2) is 0 Å². The monoisotopic (exact) mass is 484 g/mol. The number of carbonyl (C=O) groups excluding carboxylic acids is 1. The largest absolute Gasteiger partial charge is 0.459 e. The van der Waals surface area contributed by atoms with Gasteiger partial charge in [0.1, 0.15) is 0 Å². The smallest absolute Gasteiger partial charge is 0.287 e. The maximum absolute atomic E-state index is 12.0. The summed E-state index contributed by atoms with van der Waals surface area (Å²) >= 11 is 0. The van der Waals surface area contributed by atoms with Crippen molar-refractivity contribution in [3.05, 3.63) is 59.0 Å². The number of nitrogens with zero attached hydrogens (tertiary/aromatic N) is 1. The molecule has 0 fully saturated rings. The van der Waals surface area contributed by atoms with E-state index >= 15 is 0 Å². The Morgan fingerprint density at radius 1 is 1.11 bits per heavy atom. The Morgan fingerprint density at radius 2 is 1.81 bits per heavy atom. The molecule has 1 aromatic carbocycles. The maximum atomic E-state index is 12.0. The standard InChI is InChI=1S/C20H28N4O2.HI/c1-14-8-5-6-9-17(14)16(3)24-20(21-4)23-12-7-11-22-19(25)18-15(2)10-13-26-18;/h5-6,8-10,13,16H,7,11-12H2,1-4H3,(H,22,25)(H2,21,23,24);1H. The van der Waals surface area contributed by atoms with Crippen molar-refractivity contribution in [2.75, 3.05) is 20.1 Å². The lowest BCUT2D eigenvalue weighted by Gasteiger charge is -2.19. The Kier molecular flexibility index (Phi) is 9.92. The molecule has 2 aromatic rings. The van der Waals surface area contributed by atoms with Crippen LogP contribution < -0.4 is 16.0 Å². The zero-order valence-electron chi connectivity index (χ0n) is 16.3. The normalized spacial score (nSPS) is 12.1. The lowest BCUT2D eigenvalue weighted by molar-refractivity contribution is 0.0925. The van der Waals surface area contributed by atoms with Crippen molar-refractivity contribution in [1.29, 1.82) is 0 Å². The number of amides is 1. The number of carbonyl (C=O) groups is 1. The van der Waals surface area contributed by atoms with Gasteiger partial charge in [-0.15, -0.1) is 24.0 Å². The van der Waals surface area contributed by atoms with Gasteiger partial charge in [-0.1, -0.05) is 24.3 Å². The van der Waals surface area contributed by atoms with Crippen LogP contribution in [-0.2, 0) is 0 Å². The summed E-state index contributed by atoms with van der Waals surface area (Å²) in [6, 6.07) is 10.2. The quantitative estimate of drug-likeness (QED) is 0.243. The van der Waals surface area contributed by atoms with Crippen LogP contribution in [-0.4, -0.2) is 32.0 Å². The zero-order valence-corrected chi connectivity index (χ0v) is 18.7. The molecule has 148 valence electrons. The van der Waals surface area contributed by atoms with Crippen LogP contribution >= 0.6 is 24.0 Å². The number of nitrogens with one attached hydrogen (secondary N) is 3. The number of aliphatic imine (C=N–C) groups is 1. The van der Waals surface area contributed by atoms with Crippen LogP contribution in [0.3, 0.4) is 0 Å². The van der Waals surface area contributed by atoms with Gasteiger partial charge in [0, 0.05) is 25.7 Å². The van der Waals surface area contributed by atoms with Crippen molar-refractivity contribution in [3.8, 4) is 0 Å². The predicted octanol–water partition coefficient (Wildman–Crippen LogP) is 3.56. The molecule has 0 aliphatic rings.